The summed E-state index contributed by atoms with van der Waals surface area (Å²) in [4.78, 5) is 5.72. The van der Waals surface area contributed by atoms with Gasteiger partial charge in [0.1, 0.15) is 0 Å². The van der Waals surface area contributed by atoms with Crippen LogP contribution in [0.1, 0.15) is 6.42 Å². The lowest BCUT2D eigenvalue weighted by Gasteiger charge is -2.22. The van der Waals surface area contributed by atoms with Crippen LogP contribution >= 0.6 is 11.8 Å². The van der Waals surface area contributed by atoms with E-state index in [9.17, 15) is 8.78 Å². The van der Waals surface area contributed by atoms with Gasteiger partial charge in [-0.3, -0.25) is 0 Å². The molecule has 0 spiro atoms. The highest BCUT2D eigenvalue weighted by molar-refractivity contribution is 7.99. The smallest absolute Gasteiger partial charge is 0.178 e. The van der Waals surface area contributed by atoms with Crippen LogP contribution < -0.4 is 16.2 Å². The number of nitrogen functional groups attached to an aromatic ring is 1. The van der Waals surface area contributed by atoms with Crippen molar-refractivity contribution in [3.8, 4) is 0 Å². The maximum absolute atomic E-state index is 13.7. The fraction of sp³-hybridized carbons (Fsp3) is 0.500. The van der Waals surface area contributed by atoms with Crippen molar-refractivity contribution in [2.75, 3.05) is 34.9 Å². The van der Waals surface area contributed by atoms with Gasteiger partial charge in [-0.05, 0) is 12.2 Å². The summed E-state index contributed by atoms with van der Waals surface area (Å²) in [5.41, 5.74) is 2.13. The number of hydrazine groups is 1. The molecule has 17 heavy (non-hydrogen) atoms. The SMILES string of the molecule is NNc1nc(N2CCCSCC2)c(F)cc1F. The van der Waals surface area contributed by atoms with Crippen LogP contribution in [-0.4, -0.2) is 29.6 Å². The molecule has 1 fully saturated rings. The fourth-order valence-corrected chi connectivity index (χ4v) is 2.62. The van der Waals surface area contributed by atoms with Crippen molar-refractivity contribution in [3.05, 3.63) is 17.7 Å². The first kappa shape index (κ1) is 12.4. The Morgan fingerprint density at radius 2 is 2.12 bits per heavy atom. The molecule has 0 amide bonds. The first-order valence-electron chi connectivity index (χ1n) is 5.37. The van der Waals surface area contributed by atoms with Crippen molar-refractivity contribution in [2.45, 2.75) is 6.42 Å². The van der Waals surface area contributed by atoms with E-state index in [0.29, 0.717) is 6.54 Å². The molecule has 94 valence electrons. The predicted octanol–water partition coefficient (Wildman–Crippen LogP) is 1.59. The van der Waals surface area contributed by atoms with Gasteiger partial charge < -0.3 is 10.3 Å². The molecule has 0 unspecified atom stereocenters. The first-order chi connectivity index (χ1) is 8.22. The summed E-state index contributed by atoms with van der Waals surface area (Å²) in [7, 11) is 0. The van der Waals surface area contributed by atoms with Gasteiger partial charge in [-0.25, -0.2) is 19.6 Å². The average Bonchev–Trinajstić information content (AvgIpc) is 2.58. The molecule has 0 bridgehead atoms. The van der Waals surface area contributed by atoms with Gasteiger partial charge in [0.25, 0.3) is 0 Å². The van der Waals surface area contributed by atoms with Crippen LogP contribution in [0.25, 0.3) is 0 Å². The van der Waals surface area contributed by atoms with Crippen LogP contribution in [0.4, 0.5) is 20.4 Å². The number of anilines is 2. The minimum Gasteiger partial charge on any atom is -0.353 e. The van der Waals surface area contributed by atoms with Gasteiger partial charge in [0.05, 0.1) is 0 Å². The minimum absolute atomic E-state index is 0.127. The molecule has 2 heterocycles. The highest BCUT2D eigenvalue weighted by Gasteiger charge is 2.18. The van der Waals surface area contributed by atoms with Gasteiger partial charge in [-0.2, -0.15) is 11.8 Å². The Morgan fingerprint density at radius 3 is 2.88 bits per heavy atom. The number of rotatable bonds is 2. The van der Waals surface area contributed by atoms with Gasteiger partial charge in [-0.1, -0.05) is 0 Å². The zero-order valence-electron chi connectivity index (χ0n) is 9.25. The third kappa shape index (κ3) is 2.78. The Labute approximate surface area is 103 Å². The van der Waals surface area contributed by atoms with Crippen LogP contribution in [0.15, 0.2) is 6.07 Å². The van der Waals surface area contributed by atoms with Crippen molar-refractivity contribution in [3.63, 3.8) is 0 Å². The van der Waals surface area contributed by atoms with E-state index < -0.39 is 11.6 Å². The lowest BCUT2D eigenvalue weighted by molar-refractivity contribution is 0.570. The molecule has 0 aliphatic carbocycles. The summed E-state index contributed by atoms with van der Waals surface area (Å²) in [6, 6.07) is 0.815. The Balaban J connectivity index is 2.29. The van der Waals surface area contributed by atoms with E-state index in [1.165, 1.54) is 0 Å². The molecule has 7 heteroatoms. The molecule has 1 aliphatic rings. The van der Waals surface area contributed by atoms with Gasteiger partial charge in [0.2, 0.25) is 0 Å². The number of hydrogen-bond acceptors (Lipinski definition) is 5. The number of nitrogens with zero attached hydrogens (tertiary/aromatic N) is 2. The second-order valence-corrected chi connectivity index (χ2v) is 4.95. The fourth-order valence-electron chi connectivity index (χ4n) is 1.74. The largest absolute Gasteiger partial charge is 0.353 e. The van der Waals surface area contributed by atoms with Gasteiger partial charge >= 0.3 is 0 Å². The minimum atomic E-state index is -0.780. The van der Waals surface area contributed by atoms with Crippen LogP contribution in [0, 0.1) is 11.6 Å². The highest BCUT2D eigenvalue weighted by atomic mass is 32.2. The molecular weight excluding hydrogens is 246 g/mol. The standard InChI is InChI=1S/C10H14F2N4S/c11-7-6-8(12)10(14-9(7)15-13)16-2-1-4-17-5-3-16/h6H,1-5,13H2,(H,14,15). The maximum atomic E-state index is 13.7. The maximum Gasteiger partial charge on any atom is 0.178 e. The summed E-state index contributed by atoms with van der Waals surface area (Å²) < 4.78 is 26.9. The van der Waals surface area contributed by atoms with Crippen molar-refractivity contribution in [2.24, 2.45) is 5.84 Å². The van der Waals surface area contributed by atoms with Gasteiger partial charge in [0, 0.05) is 24.9 Å². The molecular formula is C10H14F2N4S. The Kier molecular flexibility index (Phi) is 4.01. The number of hydrogen-bond donors (Lipinski definition) is 2. The number of nitrogens with one attached hydrogen (secondary N) is 1. The summed E-state index contributed by atoms with van der Waals surface area (Å²) >= 11 is 1.83. The van der Waals surface area contributed by atoms with E-state index in [4.69, 9.17) is 5.84 Å². The van der Waals surface area contributed by atoms with Crippen LogP contribution in [-0.2, 0) is 0 Å². The summed E-state index contributed by atoms with van der Waals surface area (Å²) in [5, 5.41) is 0. The van der Waals surface area contributed by atoms with Crippen molar-refractivity contribution < 1.29 is 8.78 Å². The zero-order valence-corrected chi connectivity index (χ0v) is 10.1. The molecule has 4 nitrogen and oxygen atoms in total. The Morgan fingerprint density at radius 1 is 1.29 bits per heavy atom. The Bertz CT molecular complexity index is 394. The molecule has 1 aromatic rings. The molecule has 1 aliphatic heterocycles. The first-order valence-corrected chi connectivity index (χ1v) is 6.53. The van der Waals surface area contributed by atoms with Crippen molar-refractivity contribution in [1.82, 2.24) is 4.98 Å². The lowest BCUT2D eigenvalue weighted by Crippen LogP contribution is -2.28. The van der Waals surface area contributed by atoms with E-state index >= 15 is 0 Å². The predicted molar refractivity (Wildman–Crippen MR) is 66.1 cm³/mol. The van der Waals surface area contributed by atoms with Crippen LogP contribution in [0.5, 0.6) is 0 Å². The van der Waals surface area contributed by atoms with Crippen molar-refractivity contribution >= 4 is 23.4 Å². The van der Waals surface area contributed by atoms with Crippen LogP contribution in [0.2, 0.25) is 0 Å². The number of halogens is 2. The average molecular weight is 260 g/mol. The normalized spacial score (nSPS) is 16.8. The van der Waals surface area contributed by atoms with Gasteiger partial charge in [0.15, 0.2) is 23.3 Å². The monoisotopic (exact) mass is 260 g/mol. The molecule has 3 N–H and O–H groups in total. The van der Waals surface area contributed by atoms with E-state index in [1.54, 1.807) is 0 Å². The number of pyridine rings is 1. The molecule has 0 aromatic carbocycles. The number of thioether (sulfide) groups is 1. The van der Waals surface area contributed by atoms with Gasteiger partial charge in [-0.15, -0.1) is 0 Å². The summed E-state index contributed by atoms with van der Waals surface area (Å²) in [5.74, 6) is 5.73. The Hall–Kier alpha value is -1.08. The molecule has 0 saturated carbocycles. The second kappa shape index (κ2) is 5.50. The summed E-state index contributed by atoms with van der Waals surface area (Å²) in [6.45, 7) is 1.44. The quantitative estimate of drug-likeness (QED) is 0.624. The van der Waals surface area contributed by atoms with E-state index in [0.717, 1.165) is 30.5 Å². The molecule has 0 atom stereocenters. The second-order valence-electron chi connectivity index (χ2n) is 3.72. The molecule has 1 aromatic heterocycles. The topological polar surface area (TPSA) is 54.2 Å². The van der Waals surface area contributed by atoms with E-state index in [1.807, 2.05) is 16.7 Å². The zero-order chi connectivity index (χ0) is 12.3. The van der Waals surface area contributed by atoms with Crippen molar-refractivity contribution in [1.29, 1.82) is 0 Å². The van der Waals surface area contributed by atoms with E-state index in [2.05, 4.69) is 10.4 Å². The summed E-state index contributed by atoms with van der Waals surface area (Å²) in [6.07, 6.45) is 0.967. The van der Waals surface area contributed by atoms with Crippen LogP contribution in [0.3, 0.4) is 0 Å². The lowest BCUT2D eigenvalue weighted by atomic mass is 10.3. The molecule has 0 radical (unpaired) electrons. The number of aromatic nitrogens is 1. The molecule has 1 saturated heterocycles. The highest BCUT2D eigenvalue weighted by Crippen LogP contribution is 2.24. The van der Waals surface area contributed by atoms with E-state index in [-0.39, 0.29) is 11.6 Å². The third-order valence-corrected chi connectivity index (χ3v) is 3.62. The third-order valence-electron chi connectivity index (χ3n) is 2.57. The molecule has 2 rings (SSSR count). The number of nitrogens with two attached hydrogens (primary N) is 1.